The maximum Gasteiger partial charge on any atom is 0.0702 e. The second-order valence-corrected chi connectivity index (χ2v) is 3.52. The minimum atomic E-state index is 0.0908. The van der Waals surface area contributed by atoms with Crippen molar-refractivity contribution in [2.45, 2.75) is 20.0 Å². The molecule has 0 aromatic heterocycles. The largest absolute Gasteiger partial charge is 0.392 e. The smallest absolute Gasteiger partial charge is 0.0702 e. The van der Waals surface area contributed by atoms with Gasteiger partial charge >= 0.3 is 0 Å². The predicted molar refractivity (Wildman–Crippen MR) is 65.1 cm³/mol. The molecule has 0 unspecified atom stereocenters. The lowest BCUT2D eigenvalue weighted by atomic mass is 10.1. The van der Waals surface area contributed by atoms with Gasteiger partial charge in [0.15, 0.2) is 0 Å². The lowest BCUT2D eigenvalue weighted by Gasteiger charge is -2.24. The fourth-order valence-electron chi connectivity index (χ4n) is 1.69. The third-order valence-corrected chi connectivity index (χ3v) is 2.35. The SMILES string of the molecule is C=CCN(CCC)c1ccccc1CO. The Labute approximate surface area is 91.9 Å². The topological polar surface area (TPSA) is 23.5 Å². The number of anilines is 1. The molecule has 0 aliphatic rings. The molecule has 0 amide bonds. The van der Waals surface area contributed by atoms with Crippen molar-refractivity contribution in [2.75, 3.05) is 18.0 Å². The quantitative estimate of drug-likeness (QED) is 0.721. The van der Waals surface area contributed by atoms with Crippen molar-refractivity contribution >= 4 is 5.69 Å². The van der Waals surface area contributed by atoms with Gasteiger partial charge in [0.25, 0.3) is 0 Å². The van der Waals surface area contributed by atoms with Crippen LogP contribution in [0, 0.1) is 0 Å². The monoisotopic (exact) mass is 205 g/mol. The summed E-state index contributed by atoms with van der Waals surface area (Å²) in [7, 11) is 0. The fourth-order valence-corrected chi connectivity index (χ4v) is 1.69. The summed E-state index contributed by atoms with van der Waals surface area (Å²) in [5, 5.41) is 9.25. The van der Waals surface area contributed by atoms with Crippen molar-refractivity contribution in [1.29, 1.82) is 0 Å². The highest BCUT2D eigenvalue weighted by Crippen LogP contribution is 2.20. The molecule has 0 atom stereocenters. The van der Waals surface area contributed by atoms with Crippen molar-refractivity contribution in [2.24, 2.45) is 0 Å². The zero-order valence-electron chi connectivity index (χ0n) is 9.32. The highest BCUT2D eigenvalue weighted by molar-refractivity contribution is 5.53. The Balaban J connectivity index is 2.92. The summed E-state index contributed by atoms with van der Waals surface area (Å²) in [6.45, 7) is 7.81. The molecule has 0 spiro atoms. The van der Waals surface area contributed by atoms with Crippen LogP contribution in [0.25, 0.3) is 0 Å². The van der Waals surface area contributed by atoms with E-state index in [4.69, 9.17) is 0 Å². The van der Waals surface area contributed by atoms with E-state index in [1.165, 1.54) is 0 Å². The first-order chi connectivity index (χ1) is 7.33. The van der Waals surface area contributed by atoms with E-state index < -0.39 is 0 Å². The summed E-state index contributed by atoms with van der Waals surface area (Å²) in [5.41, 5.74) is 2.09. The molecule has 0 heterocycles. The first kappa shape index (κ1) is 11.8. The van der Waals surface area contributed by atoms with Gasteiger partial charge in [-0.05, 0) is 12.5 Å². The Hall–Kier alpha value is -1.28. The number of aliphatic hydroxyl groups excluding tert-OH is 1. The van der Waals surface area contributed by atoms with Crippen LogP contribution in [0.15, 0.2) is 36.9 Å². The van der Waals surface area contributed by atoms with E-state index in [1.54, 1.807) is 0 Å². The molecular weight excluding hydrogens is 186 g/mol. The van der Waals surface area contributed by atoms with Crippen LogP contribution in [-0.4, -0.2) is 18.2 Å². The van der Waals surface area contributed by atoms with Crippen molar-refractivity contribution < 1.29 is 5.11 Å². The van der Waals surface area contributed by atoms with E-state index in [1.807, 2.05) is 30.3 Å². The Bertz CT molecular complexity index is 309. The first-order valence-corrected chi connectivity index (χ1v) is 5.38. The molecule has 0 saturated carbocycles. The van der Waals surface area contributed by atoms with E-state index in [0.717, 1.165) is 30.8 Å². The predicted octanol–water partition coefficient (Wildman–Crippen LogP) is 2.58. The van der Waals surface area contributed by atoms with Crippen LogP contribution >= 0.6 is 0 Å². The summed E-state index contributed by atoms with van der Waals surface area (Å²) >= 11 is 0. The Morgan fingerprint density at radius 3 is 2.73 bits per heavy atom. The zero-order valence-corrected chi connectivity index (χ0v) is 9.32. The highest BCUT2D eigenvalue weighted by Gasteiger charge is 2.07. The molecule has 1 aromatic carbocycles. The molecule has 0 aliphatic heterocycles. The van der Waals surface area contributed by atoms with E-state index in [9.17, 15) is 5.11 Å². The zero-order chi connectivity index (χ0) is 11.1. The van der Waals surface area contributed by atoms with Crippen molar-refractivity contribution in [3.63, 3.8) is 0 Å². The van der Waals surface area contributed by atoms with Crippen LogP contribution in [0.3, 0.4) is 0 Å². The third-order valence-electron chi connectivity index (χ3n) is 2.35. The van der Waals surface area contributed by atoms with Crippen LogP contribution in [0.5, 0.6) is 0 Å². The molecule has 0 fully saturated rings. The summed E-state index contributed by atoms with van der Waals surface area (Å²) in [4.78, 5) is 2.23. The molecular formula is C13H19NO. The summed E-state index contributed by atoms with van der Waals surface area (Å²) in [6, 6.07) is 7.96. The van der Waals surface area contributed by atoms with E-state index in [-0.39, 0.29) is 6.61 Å². The van der Waals surface area contributed by atoms with Gasteiger partial charge < -0.3 is 10.0 Å². The molecule has 0 bridgehead atoms. The van der Waals surface area contributed by atoms with Gasteiger partial charge in [-0.25, -0.2) is 0 Å². The summed E-state index contributed by atoms with van der Waals surface area (Å²) in [5.74, 6) is 0. The summed E-state index contributed by atoms with van der Waals surface area (Å²) in [6.07, 6.45) is 2.98. The molecule has 82 valence electrons. The van der Waals surface area contributed by atoms with E-state index in [2.05, 4.69) is 18.4 Å². The fraction of sp³-hybridized carbons (Fsp3) is 0.385. The molecule has 1 aromatic rings. The third kappa shape index (κ3) is 3.10. The minimum Gasteiger partial charge on any atom is -0.392 e. The van der Waals surface area contributed by atoms with Crippen LogP contribution in [-0.2, 0) is 6.61 Å². The van der Waals surface area contributed by atoms with Gasteiger partial charge in [-0.1, -0.05) is 31.2 Å². The molecule has 15 heavy (non-hydrogen) atoms. The average Bonchev–Trinajstić information content (AvgIpc) is 2.29. The van der Waals surface area contributed by atoms with Gasteiger partial charge in [0.2, 0.25) is 0 Å². The molecule has 0 aliphatic carbocycles. The van der Waals surface area contributed by atoms with Crippen LogP contribution in [0.2, 0.25) is 0 Å². The van der Waals surface area contributed by atoms with Gasteiger partial charge in [0.1, 0.15) is 0 Å². The minimum absolute atomic E-state index is 0.0908. The Morgan fingerprint density at radius 2 is 2.13 bits per heavy atom. The lowest BCUT2D eigenvalue weighted by molar-refractivity contribution is 0.282. The number of aliphatic hydroxyl groups is 1. The first-order valence-electron chi connectivity index (χ1n) is 5.38. The van der Waals surface area contributed by atoms with E-state index >= 15 is 0 Å². The normalized spacial score (nSPS) is 10.0. The molecule has 1 rings (SSSR count). The number of rotatable bonds is 6. The average molecular weight is 205 g/mol. The van der Waals surface area contributed by atoms with Crippen LogP contribution < -0.4 is 4.90 Å². The van der Waals surface area contributed by atoms with Gasteiger partial charge in [0.05, 0.1) is 6.61 Å². The Morgan fingerprint density at radius 1 is 1.40 bits per heavy atom. The lowest BCUT2D eigenvalue weighted by Crippen LogP contribution is -2.25. The molecule has 2 nitrogen and oxygen atoms in total. The number of nitrogens with zero attached hydrogens (tertiary/aromatic N) is 1. The number of hydrogen-bond acceptors (Lipinski definition) is 2. The number of hydrogen-bond donors (Lipinski definition) is 1. The molecule has 2 heteroatoms. The molecule has 0 radical (unpaired) electrons. The van der Waals surface area contributed by atoms with Gasteiger partial charge in [-0.3, -0.25) is 0 Å². The Kier molecular flexibility index (Phi) is 4.91. The van der Waals surface area contributed by atoms with Crippen LogP contribution in [0.1, 0.15) is 18.9 Å². The van der Waals surface area contributed by atoms with Crippen molar-refractivity contribution in [3.05, 3.63) is 42.5 Å². The van der Waals surface area contributed by atoms with Crippen LogP contribution in [0.4, 0.5) is 5.69 Å². The second kappa shape index (κ2) is 6.25. The number of para-hydroxylation sites is 1. The highest BCUT2D eigenvalue weighted by atomic mass is 16.3. The number of benzene rings is 1. The maximum absolute atomic E-state index is 9.25. The van der Waals surface area contributed by atoms with Gasteiger partial charge in [-0.15, -0.1) is 6.58 Å². The standard InChI is InChI=1S/C13H19NO/c1-3-9-14(10-4-2)13-8-6-5-7-12(13)11-15/h3,5-8,15H,1,4,9-11H2,2H3. The maximum atomic E-state index is 9.25. The van der Waals surface area contributed by atoms with Gasteiger partial charge in [0, 0.05) is 24.3 Å². The van der Waals surface area contributed by atoms with Crippen molar-refractivity contribution in [3.8, 4) is 0 Å². The molecule has 0 saturated heterocycles. The molecule has 1 N–H and O–H groups in total. The van der Waals surface area contributed by atoms with Gasteiger partial charge in [-0.2, -0.15) is 0 Å². The van der Waals surface area contributed by atoms with Crippen molar-refractivity contribution in [1.82, 2.24) is 0 Å². The van der Waals surface area contributed by atoms with E-state index in [0.29, 0.717) is 0 Å². The second-order valence-electron chi connectivity index (χ2n) is 3.52. The summed E-state index contributed by atoms with van der Waals surface area (Å²) < 4.78 is 0.